The second kappa shape index (κ2) is 7.20. The molecule has 1 aliphatic rings. The zero-order chi connectivity index (χ0) is 18.8. The van der Waals surface area contributed by atoms with Crippen molar-refractivity contribution in [1.29, 1.82) is 0 Å². The minimum atomic E-state index is -0.632. The van der Waals surface area contributed by atoms with E-state index >= 15 is 0 Å². The van der Waals surface area contributed by atoms with Gasteiger partial charge in [-0.15, -0.1) is 11.8 Å². The standard InChI is InChI=1S/C17H18N4O4S/c1-9-16(10(2)21(3)20-9)19-14(22)7-25-17(24)11-4-5-13-12(6-11)18-15(23)8-26-13/h4-6H,7-8H2,1-3H3,(H,18,23)(H,19,22). The van der Waals surface area contributed by atoms with Crippen molar-refractivity contribution in [3.63, 3.8) is 0 Å². The molecule has 9 heteroatoms. The van der Waals surface area contributed by atoms with Crippen LogP contribution in [0.1, 0.15) is 21.7 Å². The van der Waals surface area contributed by atoms with Gasteiger partial charge in [-0.2, -0.15) is 5.10 Å². The molecule has 8 nitrogen and oxygen atoms in total. The molecule has 26 heavy (non-hydrogen) atoms. The number of nitrogens with one attached hydrogen (secondary N) is 2. The predicted octanol–water partition coefficient (Wildman–Crippen LogP) is 1.88. The summed E-state index contributed by atoms with van der Waals surface area (Å²) in [6.45, 7) is 3.21. The van der Waals surface area contributed by atoms with E-state index < -0.39 is 18.5 Å². The number of anilines is 2. The fourth-order valence-corrected chi connectivity index (χ4v) is 3.34. The molecule has 1 aromatic carbocycles. The number of ether oxygens (including phenoxy) is 1. The summed E-state index contributed by atoms with van der Waals surface area (Å²) in [6, 6.07) is 4.91. The van der Waals surface area contributed by atoms with Gasteiger partial charge >= 0.3 is 5.97 Å². The van der Waals surface area contributed by atoms with Crippen LogP contribution in [0, 0.1) is 13.8 Å². The molecule has 0 fully saturated rings. The Hall–Kier alpha value is -2.81. The maximum absolute atomic E-state index is 12.2. The second-order valence-electron chi connectivity index (χ2n) is 5.84. The minimum absolute atomic E-state index is 0.116. The zero-order valence-electron chi connectivity index (χ0n) is 14.6. The van der Waals surface area contributed by atoms with E-state index in [9.17, 15) is 14.4 Å². The van der Waals surface area contributed by atoms with Crippen molar-refractivity contribution >= 4 is 40.9 Å². The predicted molar refractivity (Wildman–Crippen MR) is 97.4 cm³/mol. The van der Waals surface area contributed by atoms with Gasteiger partial charge in [0.25, 0.3) is 5.91 Å². The van der Waals surface area contributed by atoms with Crippen LogP contribution in [0.5, 0.6) is 0 Å². The Morgan fingerprint density at radius 2 is 2.15 bits per heavy atom. The van der Waals surface area contributed by atoms with Crippen LogP contribution in [-0.4, -0.2) is 39.9 Å². The van der Waals surface area contributed by atoms with Crippen molar-refractivity contribution in [2.75, 3.05) is 23.0 Å². The van der Waals surface area contributed by atoms with E-state index in [2.05, 4.69) is 15.7 Å². The molecule has 2 heterocycles. The molecule has 1 aromatic heterocycles. The molecule has 2 aromatic rings. The van der Waals surface area contributed by atoms with E-state index in [0.717, 1.165) is 10.6 Å². The molecule has 0 saturated carbocycles. The average molecular weight is 374 g/mol. The number of nitrogens with zero attached hydrogens (tertiary/aromatic N) is 2. The number of carbonyl (C=O) groups excluding carboxylic acids is 3. The lowest BCUT2D eigenvalue weighted by Crippen LogP contribution is -2.22. The summed E-state index contributed by atoms with van der Waals surface area (Å²) in [4.78, 5) is 36.6. The van der Waals surface area contributed by atoms with Crippen molar-refractivity contribution < 1.29 is 19.1 Å². The lowest BCUT2D eigenvalue weighted by atomic mass is 10.2. The summed E-state index contributed by atoms with van der Waals surface area (Å²) in [5.41, 5.74) is 2.96. The van der Waals surface area contributed by atoms with Crippen LogP contribution in [0.25, 0.3) is 0 Å². The molecular weight excluding hydrogens is 356 g/mol. The normalized spacial score (nSPS) is 13.0. The van der Waals surface area contributed by atoms with Crippen molar-refractivity contribution in [2.45, 2.75) is 18.7 Å². The van der Waals surface area contributed by atoms with Gasteiger partial charge in [-0.05, 0) is 32.0 Å². The van der Waals surface area contributed by atoms with Crippen LogP contribution in [-0.2, 0) is 21.4 Å². The van der Waals surface area contributed by atoms with Gasteiger partial charge < -0.3 is 15.4 Å². The number of thioether (sulfide) groups is 1. The molecule has 2 N–H and O–H groups in total. The number of aryl methyl sites for hydroxylation is 2. The van der Waals surface area contributed by atoms with Crippen molar-refractivity contribution in [3.05, 3.63) is 35.2 Å². The number of hydrogen-bond acceptors (Lipinski definition) is 6. The van der Waals surface area contributed by atoms with Gasteiger partial charge in [0.1, 0.15) is 0 Å². The monoisotopic (exact) mass is 374 g/mol. The number of amides is 2. The molecule has 0 bridgehead atoms. The first kappa shape index (κ1) is 18.0. The molecule has 3 rings (SSSR count). The van der Waals surface area contributed by atoms with E-state index in [-0.39, 0.29) is 11.5 Å². The summed E-state index contributed by atoms with van der Waals surface area (Å²) in [6.07, 6.45) is 0. The fraction of sp³-hybridized carbons (Fsp3) is 0.294. The van der Waals surface area contributed by atoms with Crippen LogP contribution in [0.2, 0.25) is 0 Å². The Balaban J connectivity index is 1.61. The number of esters is 1. The van der Waals surface area contributed by atoms with Gasteiger partial charge in [0.2, 0.25) is 5.91 Å². The number of benzene rings is 1. The summed E-state index contributed by atoms with van der Waals surface area (Å²) >= 11 is 1.41. The molecule has 0 spiro atoms. The molecule has 136 valence electrons. The zero-order valence-corrected chi connectivity index (χ0v) is 15.4. The highest BCUT2D eigenvalue weighted by Crippen LogP contribution is 2.32. The Bertz CT molecular complexity index is 906. The molecule has 0 saturated heterocycles. The van der Waals surface area contributed by atoms with E-state index in [1.54, 1.807) is 36.9 Å². The van der Waals surface area contributed by atoms with E-state index in [0.29, 0.717) is 22.8 Å². The van der Waals surface area contributed by atoms with Crippen LogP contribution in [0.4, 0.5) is 11.4 Å². The SMILES string of the molecule is Cc1nn(C)c(C)c1NC(=O)COC(=O)c1ccc2c(c1)NC(=O)CS2. The van der Waals surface area contributed by atoms with Crippen molar-refractivity contribution in [1.82, 2.24) is 9.78 Å². The number of aromatic nitrogens is 2. The number of fused-ring (bicyclic) bond motifs is 1. The van der Waals surface area contributed by atoms with Gasteiger partial charge in [-0.25, -0.2) is 4.79 Å². The van der Waals surface area contributed by atoms with Gasteiger partial charge in [-0.3, -0.25) is 14.3 Å². The first-order valence-corrected chi connectivity index (χ1v) is 8.87. The summed E-state index contributed by atoms with van der Waals surface area (Å²) in [7, 11) is 1.78. The number of carbonyl (C=O) groups is 3. The molecule has 0 radical (unpaired) electrons. The molecule has 0 aliphatic carbocycles. The highest BCUT2D eigenvalue weighted by Gasteiger charge is 2.19. The molecular formula is C17H18N4O4S. The highest BCUT2D eigenvalue weighted by atomic mass is 32.2. The maximum atomic E-state index is 12.2. The third kappa shape index (κ3) is 3.72. The van der Waals surface area contributed by atoms with Crippen LogP contribution >= 0.6 is 11.8 Å². The highest BCUT2D eigenvalue weighted by molar-refractivity contribution is 8.00. The van der Waals surface area contributed by atoms with Gasteiger partial charge in [0.15, 0.2) is 6.61 Å². The first-order valence-electron chi connectivity index (χ1n) is 7.89. The lowest BCUT2D eigenvalue weighted by Gasteiger charge is -2.16. The smallest absolute Gasteiger partial charge is 0.338 e. The van der Waals surface area contributed by atoms with Crippen LogP contribution in [0.3, 0.4) is 0 Å². The Morgan fingerprint density at radius 1 is 1.38 bits per heavy atom. The maximum Gasteiger partial charge on any atom is 0.338 e. The van der Waals surface area contributed by atoms with Crippen LogP contribution in [0.15, 0.2) is 23.1 Å². The molecule has 0 atom stereocenters. The molecule has 1 aliphatic heterocycles. The Kier molecular flexibility index (Phi) is 4.99. The summed E-state index contributed by atoms with van der Waals surface area (Å²) in [5, 5.41) is 9.62. The first-order chi connectivity index (χ1) is 12.3. The topological polar surface area (TPSA) is 102 Å². The second-order valence-corrected chi connectivity index (χ2v) is 6.86. The quantitative estimate of drug-likeness (QED) is 0.792. The third-order valence-corrected chi connectivity index (χ3v) is 5.03. The van der Waals surface area contributed by atoms with Crippen molar-refractivity contribution in [3.8, 4) is 0 Å². The van der Waals surface area contributed by atoms with E-state index in [1.165, 1.54) is 11.8 Å². The van der Waals surface area contributed by atoms with Crippen LogP contribution < -0.4 is 10.6 Å². The summed E-state index contributed by atoms with van der Waals surface area (Å²) in [5.74, 6) is -0.842. The van der Waals surface area contributed by atoms with Gasteiger partial charge in [0.05, 0.1) is 34.1 Å². The average Bonchev–Trinajstić information content (AvgIpc) is 2.85. The molecule has 2 amide bonds. The summed E-state index contributed by atoms with van der Waals surface area (Å²) < 4.78 is 6.73. The Labute approximate surface area is 154 Å². The fourth-order valence-electron chi connectivity index (χ4n) is 2.55. The van der Waals surface area contributed by atoms with Gasteiger partial charge in [-0.1, -0.05) is 0 Å². The van der Waals surface area contributed by atoms with Crippen molar-refractivity contribution in [2.24, 2.45) is 7.05 Å². The third-order valence-electron chi connectivity index (χ3n) is 3.96. The number of hydrogen-bond donors (Lipinski definition) is 2. The Morgan fingerprint density at radius 3 is 2.85 bits per heavy atom. The minimum Gasteiger partial charge on any atom is -0.452 e. The largest absolute Gasteiger partial charge is 0.452 e. The number of rotatable bonds is 4. The lowest BCUT2D eigenvalue weighted by molar-refractivity contribution is -0.119. The van der Waals surface area contributed by atoms with Gasteiger partial charge in [0, 0.05) is 11.9 Å². The molecule has 0 unspecified atom stereocenters. The van der Waals surface area contributed by atoms with E-state index in [1.807, 2.05) is 6.92 Å². The van der Waals surface area contributed by atoms with E-state index in [4.69, 9.17) is 4.74 Å².